The summed E-state index contributed by atoms with van der Waals surface area (Å²) < 4.78 is 0.777. The van der Waals surface area contributed by atoms with E-state index >= 15 is 0 Å². The molecule has 1 amide bonds. The minimum absolute atomic E-state index is 0.0762. The molecule has 27 heavy (non-hydrogen) atoms. The molecule has 7 heteroatoms. The molecule has 3 aromatic rings. The highest BCUT2D eigenvalue weighted by Gasteiger charge is 2.20. The third-order valence-corrected chi connectivity index (χ3v) is 5.95. The van der Waals surface area contributed by atoms with Gasteiger partial charge in [0.2, 0.25) is 11.0 Å². The monoisotopic (exact) mass is 398 g/mol. The van der Waals surface area contributed by atoms with Crippen LogP contribution in [-0.4, -0.2) is 33.3 Å². The summed E-state index contributed by atoms with van der Waals surface area (Å²) >= 11 is 2.89. The highest BCUT2D eigenvalue weighted by atomic mass is 32.2. The number of thioether (sulfide) groups is 1. The normalized spacial score (nSPS) is 11.8. The molecule has 0 bridgehead atoms. The fourth-order valence-electron chi connectivity index (χ4n) is 2.60. The van der Waals surface area contributed by atoms with E-state index in [9.17, 15) is 4.79 Å². The van der Waals surface area contributed by atoms with E-state index in [4.69, 9.17) is 0 Å². The van der Waals surface area contributed by atoms with Crippen LogP contribution in [0.15, 0.2) is 58.9 Å². The third kappa shape index (κ3) is 5.55. The molecule has 140 valence electrons. The summed E-state index contributed by atoms with van der Waals surface area (Å²) in [6, 6.07) is 18.1. The largest absolute Gasteiger partial charge is 0.340 e. The molecular formula is C20H22N4OS2. The van der Waals surface area contributed by atoms with Crippen molar-refractivity contribution in [3.05, 3.63) is 65.7 Å². The second kappa shape index (κ2) is 9.01. The van der Waals surface area contributed by atoms with E-state index < -0.39 is 0 Å². The lowest BCUT2D eigenvalue weighted by molar-refractivity contribution is -0.129. The molecule has 0 unspecified atom stereocenters. The first-order valence-corrected chi connectivity index (χ1v) is 10.3. The Kier molecular flexibility index (Phi) is 6.47. The quantitative estimate of drug-likeness (QED) is 0.583. The number of amides is 1. The molecule has 0 aliphatic carbocycles. The Morgan fingerprint density at radius 3 is 2.70 bits per heavy atom. The van der Waals surface area contributed by atoms with Crippen LogP contribution in [-0.2, 0) is 11.3 Å². The Balaban J connectivity index is 1.56. The van der Waals surface area contributed by atoms with Crippen LogP contribution in [0.4, 0.5) is 10.8 Å². The summed E-state index contributed by atoms with van der Waals surface area (Å²) in [5.41, 5.74) is 3.28. The van der Waals surface area contributed by atoms with Gasteiger partial charge in [-0.25, -0.2) is 0 Å². The van der Waals surface area contributed by atoms with Crippen LogP contribution >= 0.6 is 23.1 Å². The van der Waals surface area contributed by atoms with Crippen molar-refractivity contribution in [2.75, 3.05) is 12.4 Å². The fraction of sp³-hybridized carbons (Fsp3) is 0.250. The van der Waals surface area contributed by atoms with Crippen molar-refractivity contribution in [1.82, 2.24) is 15.1 Å². The Morgan fingerprint density at radius 2 is 1.96 bits per heavy atom. The molecule has 1 atom stereocenters. The number of nitrogens with one attached hydrogen (secondary N) is 1. The maximum atomic E-state index is 12.6. The zero-order valence-electron chi connectivity index (χ0n) is 15.5. The zero-order valence-corrected chi connectivity index (χ0v) is 17.2. The Morgan fingerprint density at radius 1 is 1.19 bits per heavy atom. The predicted molar refractivity (Wildman–Crippen MR) is 113 cm³/mol. The maximum Gasteiger partial charge on any atom is 0.235 e. The highest BCUT2D eigenvalue weighted by molar-refractivity contribution is 8.02. The van der Waals surface area contributed by atoms with Gasteiger partial charge in [-0.15, -0.1) is 10.2 Å². The van der Waals surface area contributed by atoms with Crippen LogP contribution in [0.3, 0.4) is 0 Å². The molecule has 3 rings (SSSR count). The average Bonchev–Trinajstić information content (AvgIpc) is 3.08. The second-order valence-electron chi connectivity index (χ2n) is 6.31. The number of carbonyl (C=O) groups excluding carboxylic acids is 1. The number of nitrogens with zero attached hydrogens (tertiary/aromatic N) is 3. The van der Waals surface area contributed by atoms with E-state index in [0.29, 0.717) is 6.54 Å². The van der Waals surface area contributed by atoms with Gasteiger partial charge in [-0.1, -0.05) is 65.6 Å². The predicted octanol–water partition coefficient (Wildman–Crippen LogP) is 4.73. The number of hydrogen-bond donors (Lipinski definition) is 1. The molecule has 0 spiro atoms. The lowest BCUT2D eigenvalue weighted by Crippen LogP contribution is -2.32. The SMILES string of the molecule is Cc1cccc(Nc2nnc(S[C@H](C)C(=O)N(C)Cc3ccccc3)s2)c1. The molecule has 0 aliphatic rings. The van der Waals surface area contributed by atoms with Crippen molar-refractivity contribution >= 4 is 39.8 Å². The van der Waals surface area contributed by atoms with Crippen LogP contribution in [0.25, 0.3) is 0 Å². The van der Waals surface area contributed by atoms with Gasteiger partial charge in [0.1, 0.15) is 0 Å². The topological polar surface area (TPSA) is 58.1 Å². The fourth-order valence-corrected chi connectivity index (χ4v) is 4.63. The number of aromatic nitrogens is 2. The zero-order chi connectivity index (χ0) is 19.2. The van der Waals surface area contributed by atoms with Gasteiger partial charge >= 0.3 is 0 Å². The number of carbonyl (C=O) groups is 1. The molecule has 0 fully saturated rings. The minimum Gasteiger partial charge on any atom is -0.340 e. The number of rotatable bonds is 7. The van der Waals surface area contributed by atoms with Crippen molar-refractivity contribution in [2.24, 2.45) is 0 Å². The summed E-state index contributed by atoms with van der Waals surface area (Å²) in [5.74, 6) is 0.0762. The van der Waals surface area contributed by atoms with Crippen LogP contribution in [0.2, 0.25) is 0 Å². The first-order chi connectivity index (χ1) is 13.0. The van der Waals surface area contributed by atoms with E-state index in [0.717, 1.165) is 20.7 Å². The molecule has 2 aromatic carbocycles. The summed E-state index contributed by atoms with van der Waals surface area (Å²) in [6.45, 7) is 4.55. The molecule has 0 radical (unpaired) electrons. The third-order valence-electron chi connectivity index (χ3n) is 3.94. The summed E-state index contributed by atoms with van der Waals surface area (Å²) in [6.07, 6.45) is 0. The van der Waals surface area contributed by atoms with Crippen LogP contribution < -0.4 is 5.32 Å². The van der Waals surface area contributed by atoms with Gasteiger partial charge in [0, 0.05) is 19.3 Å². The van der Waals surface area contributed by atoms with Gasteiger partial charge in [-0.05, 0) is 37.1 Å². The first-order valence-electron chi connectivity index (χ1n) is 8.64. The van der Waals surface area contributed by atoms with Gasteiger partial charge in [0.15, 0.2) is 4.34 Å². The Hall–Kier alpha value is -2.38. The number of hydrogen-bond acceptors (Lipinski definition) is 6. The van der Waals surface area contributed by atoms with Gasteiger partial charge in [-0.2, -0.15) is 0 Å². The van der Waals surface area contributed by atoms with Crippen LogP contribution in [0.5, 0.6) is 0 Å². The molecule has 0 saturated heterocycles. The summed E-state index contributed by atoms with van der Waals surface area (Å²) in [5, 5.41) is 12.1. The summed E-state index contributed by atoms with van der Waals surface area (Å²) in [4.78, 5) is 14.4. The average molecular weight is 399 g/mol. The van der Waals surface area contributed by atoms with Crippen molar-refractivity contribution in [3.8, 4) is 0 Å². The van der Waals surface area contributed by atoms with Gasteiger partial charge in [0.05, 0.1) is 5.25 Å². The van der Waals surface area contributed by atoms with Gasteiger partial charge in [-0.3, -0.25) is 4.79 Å². The standard InChI is InChI=1S/C20H22N4OS2/c1-14-8-7-11-17(12-14)21-19-22-23-20(27-19)26-15(2)18(25)24(3)13-16-9-5-4-6-10-16/h4-12,15H,13H2,1-3H3,(H,21,22)/t15-/m1/s1. The smallest absolute Gasteiger partial charge is 0.235 e. The molecule has 0 aliphatic heterocycles. The van der Waals surface area contributed by atoms with E-state index in [1.54, 1.807) is 4.90 Å². The van der Waals surface area contributed by atoms with E-state index in [2.05, 4.69) is 21.6 Å². The van der Waals surface area contributed by atoms with Crippen molar-refractivity contribution in [1.29, 1.82) is 0 Å². The van der Waals surface area contributed by atoms with Crippen LogP contribution in [0, 0.1) is 6.92 Å². The van der Waals surface area contributed by atoms with Gasteiger partial charge in [0.25, 0.3) is 0 Å². The van der Waals surface area contributed by atoms with E-state index in [1.165, 1.54) is 28.7 Å². The van der Waals surface area contributed by atoms with E-state index in [1.807, 2.05) is 69.4 Å². The molecule has 1 aromatic heterocycles. The molecular weight excluding hydrogens is 376 g/mol. The van der Waals surface area contributed by atoms with Crippen LogP contribution in [0.1, 0.15) is 18.1 Å². The maximum absolute atomic E-state index is 12.6. The number of aryl methyl sites for hydroxylation is 1. The van der Waals surface area contributed by atoms with Gasteiger partial charge < -0.3 is 10.2 Å². The highest BCUT2D eigenvalue weighted by Crippen LogP contribution is 2.31. The molecule has 1 N–H and O–H groups in total. The first kappa shape index (κ1) is 19.4. The second-order valence-corrected chi connectivity index (χ2v) is 8.87. The summed E-state index contributed by atoms with van der Waals surface area (Å²) in [7, 11) is 1.83. The minimum atomic E-state index is -0.224. The lowest BCUT2D eigenvalue weighted by Gasteiger charge is -2.20. The Labute approximate surface area is 167 Å². The number of benzene rings is 2. The van der Waals surface area contributed by atoms with E-state index in [-0.39, 0.29) is 11.2 Å². The van der Waals surface area contributed by atoms with Crippen molar-refractivity contribution in [2.45, 2.75) is 30.0 Å². The molecule has 1 heterocycles. The molecule has 0 saturated carbocycles. The number of anilines is 2. The lowest BCUT2D eigenvalue weighted by atomic mass is 10.2. The van der Waals surface area contributed by atoms with Crippen molar-refractivity contribution < 1.29 is 4.79 Å². The molecule has 5 nitrogen and oxygen atoms in total. The Bertz CT molecular complexity index is 898. The van der Waals surface area contributed by atoms with Crippen molar-refractivity contribution in [3.63, 3.8) is 0 Å².